The minimum Gasteiger partial charge on any atom is -0.507 e. The lowest BCUT2D eigenvalue weighted by atomic mass is 9.94. The predicted octanol–water partition coefficient (Wildman–Crippen LogP) is 5.78. The third kappa shape index (κ3) is 3.97. The summed E-state index contributed by atoms with van der Waals surface area (Å²) < 4.78 is 24.2. The maximum absolute atomic E-state index is 13.6. The molecule has 6 nitrogen and oxygen atoms in total. The standard InChI is InChI=1S/C25H18Cl2FNO5/c1-33-19-6-4-3-5-16(19)21-20(22(30)13-11-17(26)24(34-2)18(27)12-13)23(31)25(32)29(21)15-9-7-14(28)8-10-15/h3-12,21,30H,1-2H3/b22-20+. The molecule has 1 saturated heterocycles. The molecule has 1 amide bonds. The second kappa shape index (κ2) is 9.37. The SMILES string of the molecule is COc1ccccc1C1/C(=C(\O)c2cc(Cl)c(OC)c(Cl)c2)C(=O)C(=O)N1c1ccc(F)cc1. The average Bonchev–Trinajstić information content (AvgIpc) is 3.09. The number of ether oxygens (including phenoxy) is 2. The highest BCUT2D eigenvalue weighted by Gasteiger charge is 2.48. The summed E-state index contributed by atoms with van der Waals surface area (Å²) in [6.07, 6.45) is 0. The van der Waals surface area contributed by atoms with Crippen molar-refractivity contribution in [3.63, 3.8) is 0 Å². The van der Waals surface area contributed by atoms with E-state index in [-0.39, 0.29) is 32.6 Å². The van der Waals surface area contributed by atoms with E-state index in [0.29, 0.717) is 11.3 Å². The van der Waals surface area contributed by atoms with Crippen LogP contribution in [-0.4, -0.2) is 31.0 Å². The minimum atomic E-state index is -1.07. The molecule has 1 atom stereocenters. The summed E-state index contributed by atoms with van der Waals surface area (Å²) in [5.74, 6) is -2.22. The van der Waals surface area contributed by atoms with Crippen LogP contribution in [0.15, 0.2) is 66.2 Å². The molecule has 9 heteroatoms. The summed E-state index contributed by atoms with van der Waals surface area (Å²) in [6.45, 7) is 0. The van der Waals surface area contributed by atoms with Crippen LogP contribution < -0.4 is 14.4 Å². The number of rotatable bonds is 5. The number of amides is 1. The van der Waals surface area contributed by atoms with Gasteiger partial charge in [0.1, 0.15) is 17.3 Å². The number of benzene rings is 3. The molecule has 0 spiro atoms. The second-order valence-corrected chi connectivity index (χ2v) is 8.18. The van der Waals surface area contributed by atoms with Gasteiger partial charge in [-0.1, -0.05) is 41.4 Å². The number of halogens is 3. The number of hydrogen-bond donors (Lipinski definition) is 1. The molecule has 0 bridgehead atoms. The zero-order chi connectivity index (χ0) is 24.6. The number of methoxy groups -OCH3 is 2. The summed E-state index contributed by atoms with van der Waals surface area (Å²) in [5, 5.41) is 11.5. The van der Waals surface area contributed by atoms with Crippen molar-refractivity contribution >= 4 is 46.3 Å². The molecule has 174 valence electrons. The van der Waals surface area contributed by atoms with Crippen molar-refractivity contribution in [2.45, 2.75) is 6.04 Å². The van der Waals surface area contributed by atoms with Gasteiger partial charge < -0.3 is 14.6 Å². The molecule has 1 aliphatic rings. The van der Waals surface area contributed by atoms with Crippen LogP contribution in [-0.2, 0) is 9.59 Å². The number of nitrogens with zero attached hydrogens (tertiary/aromatic N) is 1. The minimum absolute atomic E-state index is 0.109. The van der Waals surface area contributed by atoms with Gasteiger partial charge >= 0.3 is 0 Å². The zero-order valence-electron chi connectivity index (χ0n) is 18.0. The van der Waals surface area contributed by atoms with Gasteiger partial charge in [0, 0.05) is 16.8 Å². The van der Waals surface area contributed by atoms with Crippen molar-refractivity contribution in [2.75, 3.05) is 19.1 Å². The highest BCUT2D eigenvalue weighted by atomic mass is 35.5. The third-order valence-electron chi connectivity index (χ3n) is 5.46. The van der Waals surface area contributed by atoms with Crippen LogP contribution in [0.1, 0.15) is 17.2 Å². The molecule has 4 rings (SSSR count). The van der Waals surface area contributed by atoms with Gasteiger partial charge in [0.15, 0.2) is 5.75 Å². The number of hydrogen-bond acceptors (Lipinski definition) is 5. The van der Waals surface area contributed by atoms with E-state index in [9.17, 15) is 19.1 Å². The number of aliphatic hydroxyl groups excluding tert-OH is 1. The predicted molar refractivity (Wildman–Crippen MR) is 127 cm³/mol. The van der Waals surface area contributed by atoms with E-state index in [0.717, 1.165) is 0 Å². The van der Waals surface area contributed by atoms with Gasteiger partial charge in [-0.25, -0.2) is 4.39 Å². The Morgan fingerprint density at radius 3 is 2.18 bits per heavy atom. The van der Waals surface area contributed by atoms with Crippen LogP contribution in [0.3, 0.4) is 0 Å². The van der Waals surface area contributed by atoms with E-state index in [1.807, 2.05) is 0 Å². The molecule has 0 aliphatic carbocycles. The fourth-order valence-electron chi connectivity index (χ4n) is 3.93. The first-order valence-corrected chi connectivity index (χ1v) is 10.8. The Bertz CT molecular complexity index is 1300. The molecule has 1 unspecified atom stereocenters. The van der Waals surface area contributed by atoms with E-state index >= 15 is 0 Å². The first-order chi connectivity index (χ1) is 16.3. The quantitative estimate of drug-likeness (QED) is 0.272. The molecule has 1 fully saturated rings. The number of para-hydroxylation sites is 1. The van der Waals surface area contributed by atoms with E-state index in [1.165, 1.54) is 55.5 Å². The Labute approximate surface area is 204 Å². The first kappa shape index (κ1) is 23.6. The van der Waals surface area contributed by atoms with Crippen LogP contribution in [0.25, 0.3) is 5.76 Å². The topological polar surface area (TPSA) is 76.1 Å². The van der Waals surface area contributed by atoms with E-state index in [2.05, 4.69) is 0 Å². The number of ketones is 1. The molecule has 34 heavy (non-hydrogen) atoms. The lowest BCUT2D eigenvalue weighted by Gasteiger charge is -2.26. The first-order valence-electron chi connectivity index (χ1n) is 10.0. The van der Waals surface area contributed by atoms with Crippen LogP contribution in [0, 0.1) is 5.82 Å². The third-order valence-corrected chi connectivity index (χ3v) is 6.02. The fourth-order valence-corrected chi connectivity index (χ4v) is 4.58. The molecular weight excluding hydrogens is 484 g/mol. The van der Waals surface area contributed by atoms with Gasteiger partial charge in [-0.2, -0.15) is 0 Å². The normalized spacial score (nSPS) is 17.2. The van der Waals surface area contributed by atoms with E-state index in [4.69, 9.17) is 32.7 Å². The Morgan fingerprint density at radius 2 is 1.59 bits per heavy atom. The van der Waals surface area contributed by atoms with E-state index < -0.39 is 29.3 Å². The maximum Gasteiger partial charge on any atom is 0.300 e. The zero-order valence-corrected chi connectivity index (χ0v) is 19.5. The second-order valence-electron chi connectivity index (χ2n) is 7.36. The van der Waals surface area contributed by atoms with Crippen molar-refractivity contribution in [1.29, 1.82) is 0 Å². The van der Waals surface area contributed by atoms with Crippen molar-refractivity contribution < 1.29 is 28.6 Å². The van der Waals surface area contributed by atoms with Gasteiger partial charge in [-0.05, 0) is 42.5 Å². The Morgan fingerprint density at radius 1 is 0.971 bits per heavy atom. The Hall–Kier alpha value is -3.55. The monoisotopic (exact) mass is 501 g/mol. The van der Waals surface area contributed by atoms with Gasteiger partial charge in [0.25, 0.3) is 11.7 Å². The van der Waals surface area contributed by atoms with Crippen LogP contribution >= 0.6 is 23.2 Å². The number of aliphatic hydroxyl groups is 1. The summed E-state index contributed by atoms with van der Waals surface area (Å²) >= 11 is 12.5. The molecule has 1 aliphatic heterocycles. The molecular formula is C25H18Cl2FNO5. The van der Waals surface area contributed by atoms with Crippen molar-refractivity contribution in [3.05, 3.63) is 93.2 Å². The average molecular weight is 502 g/mol. The van der Waals surface area contributed by atoms with Crippen LogP contribution in [0.4, 0.5) is 10.1 Å². The number of carbonyl (C=O) groups is 2. The smallest absolute Gasteiger partial charge is 0.300 e. The lowest BCUT2D eigenvalue weighted by molar-refractivity contribution is -0.132. The number of carbonyl (C=O) groups excluding carboxylic acids is 2. The largest absolute Gasteiger partial charge is 0.507 e. The summed E-state index contributed by atoms with van der Waals surface area (Å²) in [7, 11) is 2.84. The number of Topliss-reactive ketones (excluding diaryl/α,β-unsaturated/α-hetero) is 1. The molecule has 1 heterocycles. The lowest BCUT2D eigenvalue weighted by Crippen LogP contribution is -2.29. The molecule has 3 aromatic rings. The van der Waals surface area contributed by atoms with Crippen LogP contribution in [0.2, 0.25) is 10.0 Å². The summed E-state index contributed by atoms with van der Waals surface area (Å²) in [4.78, 5) is 27.6. The Kier molecular flexibility index (Phi) is 6.50. The summed E-state index contributed by atoms with van der Waals surface area (Å²) in [5.41, 5.74) is 0.633. The Balaban J connectivity index is 1.99. The highest BCUT2D eigenvalue weighted by Crippen LogP contribution is 2.45. The van der Waals surface area contributed by atoms with Gasteiger partial charge in [-0.3, -0.25) is 14.5 Å². The molecule has 0 radical (unpaired) electrons. The van der Waals surface area contributed by atoms with Gasteiger partial charge in [0.2, 0.25) is 0 Å². The summed E-state index contributed by atoms with van der Waals surface area (Å²) in [6, 6.07) is 13.6. The van der Waals surface area contributed by atoms with Gasteiger partial charge in [0.05, 0.1) is 35.9 Å². The van der Waals surface area contributed by atoms with Crippen molar-refractivity contribution in [3.8, 4) is 11.5 Å². The number of anilines is 1. The van der Waals surface area contributed by atoms with E-state index in [1.54, 1.807) is 24.3 Å². The molecule has 3 aromatic carbocycles. The molecule has 1 N–H and O–H groups in total. The van der Waals surface area contributed by atoms with Crippen molar-refractivity contribution in [2.24, 2.45) is 0 Å². The maximum atomic E-state index is 13.6. The highest BCUT2D eigenvalue weighted by molar-refractivity contribution is 6.52. The van der Waals surface area contributed by atoms with Gasteiger partial charge in [-0.15, -0.1) is 0 Å². The molecule has 0 saturated carbocycles. The fraction of sp³-hybridized carbons (Fsp3) is 0.120. The van der Waals surface area contributed by atoms with Crippen molar-refractivity contribution in [1.82, 2.24) is 0 Å². The van der Waals surface area contributed by atoms with Crippen LogP contribution in [0.5, 0.6) is 11.5 Å². The molecule has 0 aromatic heterocycles.